The fourth-order valence-electron chi connectivity index (χ4n) is 2.79. The van der Waals surface area contributed by atoms with Crippen LogP contribution in [-0.2, 0) is 0 Å². The predicted octanol–water partition coefficient (Wildman–Crippen LogP) is 4.97. The van der Waals surface area contributed by atoms with E-state index in [2.05, 4.69) is 23.2 Å². The van der Waals surface area contributed by atoms with Gasteiger partial charge in [-0.25, -0.2) is 9.97 Å². The second-order valence-corrected chi connectivity index (χ2v) is 5.54. The van der Waals surface area contributed by atoms with E-state index in [-0.39, 0.29) is 0 Å². The van der Waals surface area contributed by atoms with Crippen molar-refractivity contribution in [2.75, 3.05) is 7.11 Å². The summed E-state index contributed by atoms with van der Waals surface area (Å²) in [5.74, 6) is 1.46. The van der Waals surface area contributed by atoms with Crippen molar-refractivity contribution < 1.29 is 4.74 Å². The van der Waals surface area contributed by atoms with Crippen molar-refractivity contribution in [2.24, 2.45) is 0 Å². The lowest BCUT2D eigenvalue weighted by Gasteiger charge is -2.10. The Balaban J connectivity index is 1.89. The Morgan fingerprint density at radius 3 is 2.08 bits per heavy atom. The van der Waals surface area contributed by atoms with Crippen LogP contribution in [-0.4, -0.2) is 17.1 Å². The minimum atomic E-state index is 0.703. The van der Waals surface area contributed by atoms with Crippen LogP contribution in [0.2, 0.25) is 0 Å². The van der Waals surface area contributed by atoms with Gasteiger partial charge in [0.2, 0.25) is 0 Å². The van der Waals surface area contributed by atoms with Gasteiger partial charge in [-0.15, -0.1) is 0 Å². The van der Waals surface area contributed by atoms with Gasteiger partial charge < -0.3 is 4.74 Å². The lowest BCUT2D eigenvalue weighted by molar-refractivity contribution is 0.419. The lowest BCUT2D eigenvalue weighted by atomic mass is 10.0. The normalized spacial score (nSPS) is 10.7. The molecule has 0 atom stereocenters. The van der Waals surface area contributed by atoms with Crippen LogP contribution in [0.5, 0.6) is 5.75 Å². The zero-order chi connectivity index (χ0) is 16.4. The highest BCUT2D eigenvalue weighted by atomic mass is 16.5. The molecule has 4 rings (SSSR count). The number of hydrogen-bond acceptors (Lipinski definition) is 3. The first kappa shape index (κ1) is 14.4. The Morgan fingerprint density at radius 2 is 1.42 bits per heavy atom. The molecule has 3 aromatic carbocycles. The van der Waals surface area contributed by atoms with Crippen LogP contribution < -0.4 is 4.74 Å². The monoisotopic (exact) mass is 312 g/mol. The molecule has 4 aromatic rings. The third-order valence-corrected chi connectivity index (χ3v) is 4.01. The Bertz CT molecular complexity index is 983. The van der Waals surface area contributed by atoms with Crippen molar-refractivity contribution in [3.63, 3.8) is 0 Å². The number of hydrogen-bond donors (Lipinski definition) is 0. The first-order valence-electron chi connectivity index (χ1n) is 7.81. The topological polar surface area (TPSA) is 35.0 Å². The highest BCUT2D eigenvalue weighted by Gasteiger charge is 2.10. The molecule has 0 aliphatic rings. The van der Waals surface area contributed by atoms with Gasteiger partial charge >= 0.3 is 0 Å². The SMILES string of the molecule is COc1cc(-c2ccccc2)cc2cnc(-c3ccccc3)nc12. The van der Waals surface area contributed by atoms with E-state index in [1.165, 1.54) is 0 Å². The van der Waals surface area contributed by atoms with E-state index in [9.17, 15) is 0 Å². The first-order valence-corrected chi connectivity index (χ1v) is 7.81. The van der Waals surface area contributed by atoms with Gasteiger partial charge in [0, 0.05) is 17.1 Å². The Kier molecular flexibility index (Phi) is 3.67. The molecule has 1 heterocycles. The highest BCUT2D eigenvalue weighted by Crippen LogP contribution is 2.32. The summed E-state index contributed by atoms with van der Waals surface area (Å²) in [5, 5.41) is 0.966. The van der Waals surface area contributed by atoms with E-state index in [4.69, 9.17) is 9.72 Å². The molecule has 0 saturated heterocycles. The molecule has 0 fully saturated rings. The van der Waals surface area contributed by atoms with Crippen LogP contribution in [0.3, 0.4) is 0 Å². The van der Waals surface area contributed by atoms with E-state index >= 15 is 0 Å². The zero-order valence-electron chi connectivity index (χ0n) is 13.3. The van der Waals surface area contributed by atoms with Crippen molar-refractivity contribution in [2.45, 2.75) is 0 Å². The number of aromatic nitrogens is 2. The maximum atomic E-state index is 5.59. The second kappa shape index (κ2) is 6.13. The number of benzene rings is 3. The minimum Gasteiger partial charge on any atom is -0.494 e. The molecule has 0 aliphatic carbocycles. The standard InChI is InChI=1S/C21H16N2O/c1-24-19-13-17(15-8-4-2-5-9-15)12-18-14-22-21(23-20(18)19)16-10-6-3-7-11-16/h2-14H,1H3. The number of methoxy groups -OCH3 is 1. The van der Waals surface area contributed by atoms with Crippen LogP contribution in [0.15, 0.2) is 79.0 Å². The maximum Gasteiger partial charge on any atom is 0.159 e. The molecule has 0 aliphatic heterocycles. The smallest absolute Gasteiger partial charge is 0.159 e. The van der Waals surface area contributed by atoms with Crippen LogP contribution in [0.4, 0.5) is 0 Å². The molecular weight excluding hydrogens is 296 g/mol. The van der Waals surface area contributed by atoms with E-state index in [1.54, 1.807) is 7.11 Å². The largest absolute Gasteiger partial charge is 0.494 e. The van der Waals surface area contributed by atoms with Crippen LogP contribution >= 0.6 is 0 Å². The Morgan fingerprint density at radius 1 is 0.750 bits per heavy atom. The second-order valence-electron chi connectivity index (χ2n) is 5.54. The molecule has 116 valence electrons. The van der Waals surface area contributed by atoms with Crippen molar-refractivity contribution >= 4 is 10.9 Å². The van der Waals surface area contributed by atoms with Gasteiger partial charge in [0.25, 0.3) is 0 Å². The molecule has 3 heteroatoms. The van der Waals surface area contributed by atoms with Crippen molar-refractivity contribution in [3.05, 3.63) is 79.0 Å². The fraction of sp³-hybridized carbons (Fsp3) is 0.0476. The lowest BCUT2D eigenvalue weighted by Crippen LogP contribution is -1.94. The molecule has 3 nitrogen and oxygen atoms in total. The summed E-state index contributed by atoms with van der Waals surface area (Å²) in [6, 6.07) is 24.3. The third kappa shape index (κ3) is 2.61. The molecule has 0 spiro atoms. The summed E-state index contributed by atoms with van der Waals surface area (Å²) in [6.45, 7) is 0. The molecule has 0 radical (unpaired) electrons. The number of ether oxygens (including phenoxy) is 1. The molecule has 0 amide bonds. The van der Waals surface area contributed by atoms with Gasteiger partial charge in [-0.1, -0.05) is 60.7 Å². The predicted molar refractivity (Wildman–Crippen MR) is 97.0 cm³/mol. The third-order valence-electron chi connectivity index (χ3n) is 4.01. The van der Waals surface area contributed by atoms with Crippen molar-refractivity contribution in [1.29, 1.82) is 0 Å². The quantitative estimate of drug-likeness (QED) is 0.535. The summed E-state index contributed by atoms with van der Waals surface area (Å²) in [5.41, 5.74) is 4.06. The van der Waals surface area contributed by atoms with Gasteiger partial charge in [0.15, 0.2) is 5.82 Å². The summed E-state index contributed by atoms with van der Waals surface area (Å²) in [4.78, 5) is 9.24. The molecule has 0 bridgehead atoms. The molecular formula is C21H16N2O. The summed E-state index contributed by atoms with van der Waals surface area (Å²) in [6.07, 6.45) is 1.86. The van der Waals surface area contributed by atoms with E-state index in [0.717, 1.165) is 33.3 Å². The van der Waals surface area contributed by atoms with Crippen LogP contribution in [0.1, 0.15) is 0 Å². The first-order chi connectivity index (χ1) is 11.8. The van der Waals surface area contributed by atoms with E-state index in [0.29, 0.717) is 5.82 Å². The fourth-order valence-corrected chi connectivity index (χ4v) is 2.79. The van der Waals surface area contributed by atoms with Gasteiger partial charge in [0.1, 0.15) is 11.3 Å². The molecule has 0 saturated carbocycles. The minimum absolute atomic E-state index is 0.703. The summed E-state index contributed by atoms with van der Waals surface area (Å²) in [7, 11) is 1.67. The number of rotatable bonds is 3. The van der Waals surface area contributed by atoms with Gasteiger partial charge in [-0.2, -0.15) is 0 Å². The number of fused-ring (bicyclic) bond motifs is 1. The van der Waals surface area contributed by atoms with Gasteiger partial charge in [-0.05, 0) is 23.3 Å². The Labute approximate surface area is 140 Å². The van der Waals surface area contributed by atoms with Crippen LogP contribution in [0.25, 0.3) is 33.4 Å². The molecule has 24 heavy (non-hydrogen) atoms. The van der Waals surface area contributed by atoms with Crippen LogP contribution in [0, 0.1) is 0 Å². The molecule has 1 aromatic heterocycles. The maximum absolute atomic E-state index is 5.59. The van der Waals surface area contributed by atoms with E-state index < -0.39 is 0 Å². The van der Waals surface area contributed by atoms with Gasteiger partial charge in [0.05, 0.1) is 7.11 Å². The van der Waals surface area contributed by atoms with Crippen molar-refractivity contribution in [3.8, 4) is 28.3 Å². The van der Waals surface area contributed by atoms with E-state index in [1.807, 2.05) is 60.8 Å². The number of nitrogens with zero attached hydrogens (tertiary/aromatic N) is 2. The molecule has 0 unspecified atom stereocenters. The average molecular weight is 312 g/mol. The Hall–Kier alpha value is -3.20. The summed E-state index contributed by atoms with van der Waals surface area (Å²) < 4.78 is 5.59. The molecule has 0 N–H and O–H groups in total. The van der Waals surface area contributed by atoms with Crippen molar-refractivity contribution in [1.82, 2.24) is 9.97 Å². The average Bonchev–Trinajstić information content (AvgIpc) is 2.68. The summed E-state index contributed by atoms with van der Waals surface area (Å²) >= 11 is 0. The van der Waals surface area contributed by atoms with Gasteiger partial charge in [-0.3, -0.25) is 0 Å². The highest BCUT2D eigenvalue weighted by molar-refractivity contribution is 5.90. The zero-order valence-corrected chi connectivity index (χ0v) is 13.3.